The first-order valence-corrected chi connectivity index (χ1v) is 7.14. The van der Waals surface area contributed by atoms with Crippen molar-refractivity contribution >= 4 is 0 Å². The molecule has 0 aromatic carbocycles. The van der Waals surface area contributed by atoms with Crippen LogP contribution < -0.4 is 10.1 Å². The summed E-state index contributed by atoms with van der Waals surface area (Å²) in [6.07, 6.45) is 7.19. The molecule has 0 spiro atoms. The van der Waals surface area contributed by atoms with E-state index in [9.17, 15) is 0 Å². The number of rotatable bonds is 6. The van der Waals surface area contributed by atoms with E-state index in [1.807, 2.05) is 6.20 Å². The number of hydrogen-bond acceptors (Lipinski definition) is 3. The van der Waals surface area contributed by atoms with Crippen LogP contribution in [0.1, 0.15) is 51.3 Å². The largest absolute Gasteiger partial charge is 0.493 e. The highest BCUT2D eigenvalue weighted by Gasteiger charge is 2.30. The Morgan fingerprint density at radius 3 is 2.72 bits per heavy atom. The molecule has 1 aliphatic carbocycles. The van der Waals surface area contributed by atoms with Crippen LogP contribution >= 0.6 is 0 Å². The quantitative estimate of drug-likeness (QED) is 0.845. The van der Waals surface area contributed by atoms with Crippen molar-refractivity contribution in [3.8, 4) is 5.75 Å². The van der Waals surface area contributed by atoms with Crippen LogP contribution in [0.5, 0.6) is 5.75 Å². The van der Waals surface area contributed by atoms with Gasteiger partial charge in [0.1, 0.15) is 0 Å². The second-order valence-electron chi connectivity index (χ2n) is 4.99. The fourth-order valence-corrected chi connectivity index (χ4v) is 3.10. The summed E-state index contributed by atoms with van der Waals surface area (Å²) < 4.78 is 7.57. The summed E-state index contributed by atoms with van der Waals surface area (Å²) in [5.41, 5.74) is 1.23. The Morgan fingerprint density at radius 1 is 1.44 bits per heavy atom. The molecule has 2 rings (SSSR count). The zero-order valence-corrected chi connectivity index (χ0v) is 11.8. The summed E-state index contributed by atoms with van der Waals surface area (Å²) in [7, 11) is 1.73. The highest BCUT2D eigenvalue weighted by Crippen LogP contribution is 2.38. The van der Waals surface area contributed by atoms with Crippen LogP contribution in [0, 0.1) is 5.92 Å². The molecule has 0 aliphatic heterocycles. The summed E-state index contributed by atoms with van der Waals surface area (Å²) in [6.45, 7) is 6.18. The highest BCUT2D eigenvalue weighted by molar-refractivity contribution is 5.29. The van der Waals surface area contributed by atoms with E-state index in [1.54, 1.807) is 7.11 Å². The zero-order chi connectivity index (χ0) is 13.0. The molecule has 1 saturated carbocycles. The third-order valence-electron chi connectivity index (χ3n) is 3.95. The molecule has 1 heterocycles. The first-order valence-electron chi connectivity index (χ1n) is 7.14. The van der Waals surface area contributed by atoms with Crippen LogP contribution in [0.2, 0.25) is 0 Å². The predicted octanol–water partition coefficient (Wildman–Crippen LogP) is 2.75. The molecule has 4 heteroatoms. The number of aryl methyl sites for hydroxylation is 1. The second kappa shape index (κ2) is 6.23. The molecule has 1 N–H and O–H groups in total. The van der Waals surface area contributed by atoms with Crippen molar-refractivity contribution in [3.63, 3.8) is 0 Å². The van der Waals surface area contributed by atoms with Gasteiger partial charge in [0.25, 0.3) is 0 Å². The molecule has 18 heavy (non-hydrogen) atoms. The number of methoxy groups -OCH3 is 1. The van der Waals surface area contributed by atoms with Crippen LogP contribution in [0.3, 0.4) is 0 Å². The number of aromatic nitrogens is 2. The van der Waals surface area contributed by atoms with E-state index < -0.39 is 0 Å². The lowest BCUT2D eigenvalue weighted by atomic mass is 9.94. The number of ether oxygens (including phenoxy) is 1. The van der Waals surface area contributed by atoms with Crippen molar-refractivity contribution in [2.24, 2.45) is 5.92 Å². The summed E-state index contributed by atoms with van der Waals surface area (Å²) in [5, 5.41) is 8.07. The fourth-order valence-electron chi connectivity index (χ4n) is 3.10. The van der Waals surface area contributed by atoms with Crippen LogP contribution in [-0.4, -0.2) is 23.4 Å². The van der Waals surface area contributed by atoms with Gasteiger partial charge < -0.3 is 10.1 Å². The highest BCUT2D eigenvalue weighted by atomic mass is 16.5. The van der Waals surface area contributed by atoms with Crippen molar-refractivity contribution in [1.82, 2.24) is 15.1 Å². The molecular formula is C14H25N3O. The molecule has 1 aromatic rings. The van der Waals surface area contributed by atoms with Crippen LogP contribution in [0.25, 0.3) is 0 Å². The maximum atomic E-state index is 5.49. The van der Waals surface area contributed by atoms with Crippen molar-refractivity contribution in [3.05, 3.63) is 11.9 Å². The number of nitrogens with zero attached hydrogens (tertiary/aromatic N) is 2. The topological polar surface area (TPSA) is 39.1 Å². The van der Waals surface area contributed by atoms with Gasteiger partial charge in [-0.2, -0.15) is 5.10 Å². The average Bonchev–Trinajstić information content (AvgIpc) is 3.04. The standard InChI is InChI=1S/C14H25N3O/c1-4-15-13(11-8-6-7-9-11)14-12(18-3)10-16-17(14)5-2/h10-11,13,15H,4-9H2,1-3H3. The van der Waals surface area contributed by atoms with Crippen LogP contribution in [-0.2, 0) is 6.54 Å². The molecule has 102 valence electrons. The Hall–Kier alpha value is -1.03. The molecule has 0 saturated heterocycles. The Morgan fingerprint density at radius 2 is 2.17 bits per heavy atom. The van der Waals surface area contributed by atoms with Gasteiger partial charge in [-0.25, -0.2) is 0 Å². The van der Waals surface area contributed by atoms with Gasteiger partial charge in [0.15, 0.2) is 5.75 Å². The molecular weight excluding hydrogens is 226 g/mol. The summed E-state index contributed by atoms with van der Waals surface area (Å²) in [6, 6.07) is 0.384. The van der Waals surface area contributed by atoms with Crippen molar-refractivity contribution < 1.29 is 4.74 Å². The smallest absolute Gasteiger partial charge is 0.161 e. The molecule has 1 aromatic heterocycles. The molecule has 1 atom stereocenters. The van der Waals surface area contributed by atoms with Gasteiger partial charge in [-0.05, 0) is 32.2 Å². The lowest BCUT2D eigenvalue weighted by Gasteiger charge is -2.25. The van der Waals surface area contributed by atoms with E-state index in [2.05, 4.69) is 28.9 Å². The maximum absolute atomic E-state index is 5.49. The van der Waals surface area contributed by atoms with E-state index >= 15 is 0 Å². The Kier molecular flexibility index (Phi) is 4.64. The van der Waals surface area contributed by atoms with Gasteiger partial charge in [0.05, 0.1) is 25.0 Å². The minimum atomic E-state index is 0.384. The summed E-state index contributed by atoms with van der Waals surface area (Å²) >= 11 is 0. The summed E-state index contributed by atoms with van der Waals surface area (Å²) in [4.78, 5) is 0. The maximum Gasteiger partial charge on any atom is 0.161 e. The zero-order valence-electron chi connectivity index (χ0n) is 11.8. The van der Waals surface area contributed by atoms with E-state index in [-0.39, 0.29) is 0 Å². The first-order chi connectivity index (χ1) is 8.81. The van der Waals surface area contributed by atoms with E-state index in [0.29, 0.717) is 6.04 Å². The number of nitrogens with one attached hydrogen (secondary N) is 1. The SMILES string of the molecule is CCNC(c1c(OC)cnn1CC)C1CCCC1. The molecule has 1 aliphatic rings. The van der Waals surface area contributed by atoms with Gasteiger partial charge in [-0.15, -0.1) is 0 Å². The van der Waals surface area contributed by atoms with E-state index in [4.69, 9.17) is 4.74 Å². The molecule has 4 nitrogen and oxygen atoms in total. The Labute approximate surface area is 110 Å². The predicted molar refractivity (Wildman–Crippen MR) is 72.8 cm³/mol. The van der Waals surface area contributed by atoms with Gasteiger partial charge in [-0.1, -0.05) is 19.8 Å². The lowest BCUT2D eigenvalue weighted by molar-refractivity contribution is 0.331. The van der Waals surface area contributed by atoms with Gasteiger partial charge in [0, 0.05) is 6.54 Å². The van der Waals surface area contributed by atoms with E-state index in [1.165, 1.54) is 31.4 Å². The molecule has 1 unspecified atom stereocenters. The Bertz CT molecular complexity index is 348. The molecule has 0 radical (unpaired) electrons. The van der Waals surface area contributed by atoms with E-state index in [0.717, 1.165) is 24.8 Å². The minimum Gasteiger partial charge on any atom is -0.493 e. The monoisotopic (exact) mass is 251 g/mol. The number of hydrogen-bond donors (Lipinski definition) is 1. The second-order valence-corrected chi connectivity index (χ2v) is 4.99. The molecule has 1 fully saturated rings. The minimum absolute atomic E-state index is 0.384. The van der Waals surface area contributed by atoms with Crippen molar-refractivity contribution in [2.45, 2.75) is 52.1 Å². The normalized spacial score (nSPS) is 18.2. The fraction of sp³-hybridized carbons (Fsp3) is 0.786. The summed E-state index contributed by atoms with van der Waals surface area (Å²) in [5.74, 6) is 1.65. The van der Waals surface area contributed by atoms with Gasteiger partial charge in [-0.3, -0.25) is 4.68 Å². The van der Waals surface area contributed by atoms with Crippen LogP contribution in [0.4, 0.5) is 0 Å². The third-order valence-corrected chi connectivity index (χ3v) is 3.95. The molecule has 0 bridgehead atoms. The van der Waals surface area contributed by atoms with Crippen LogP contribution in [0.15, 0.2) is 6.20 Å². The average molecular weight is 251 g/mol. The third kappa shape index (κ3) is 2.53. The van der Waals surface area contributed by atoms with Gasteiger partial charge >= 0.3 is 0 Å². The van der Waals surface area contributed by atoms with Crippen molar-refractivity contribution in [1.29, 1.82) is 0 Å². The first kappa shape index (κ1) is 13.4. The molecule has 0 amide bonds. The van der Waals surface area contributed by atoms with Crippen molar-refractivity contribution in [2.75, 3.05) is 13.7 Å². The lowest BCUT2D eigenvalue weighted by Crippen LogP contribution is -2.29. The Balaban J connectivity index is 2.30. The van der Waals surface area contributed by atoms with Gasteiger partial charge in [0.2, 0.25) is 0 Å².